The number of amides is 1. The Morgan fingerprint density at radius 2 is 2.00 bits per heavy atom. The van der Waals surface area contributed by atoms with Gasteiger partial charge in [0.25, 0.3) is 0 Å². The molecular formula is C19H18N2OS2. The normalized spacial score (nSPS) is 16.2. The van der Waals surface area contributed by atoms with E-state index in [4.69, 9.17) is 4.98 Å². The van der Waals surface area contributed by atoms with Crippen molar-refractivity contribution in [3.8, 4) is 0 Å². The van der Waals surface area contributed by atoms with E-state index in [2.05, 4.69) is 18.2 Å². The van der Waals surface area contributed by atoms with Crippen molar-refractivity contribution in [1.82, 2.24) is 9.88 Å². The van der Waals surface area contributed by atoms with Gasteiger partial charge in [0.15, 0.2) is 0 Å². The molecule has 2 aromatic heterocycles. The Balaban J connectivity index is 1.38. The first kappa shape index (κ1) is 15.5. The second kappa shape index (κ2) is 6.87. The number of fused-ring (bicyclic) bond motifs is 1. The summed E-state index contributed by atoms with van der Waals surface area (Å²) in [5.74, 6) is 0.596. The maximum atomic E-state index is 12.3. The number of piperidine rings is 1. The number of aromatic nitrogens is 1. The molecule has 3 heterocycles. The van der Waals surface area contributed by atoms with Gasteiger partial charge in [0.1, 0.15) is 0 Å². The molecule has 0 aliphatic carbocycles. The van der Waals surface area contributed by atoms with E-state index in [1.807, 2.05) is 34.6 Å². The topological polar surface area (TPSA) is 33.2 Å². The first-order chi connectivity index (χ1) is 11.8. The Morgan fingerprint density at radius 3 is 2.75 bits per heavy atom. The Kier molecular flexibility index (Phi) is 4.45. The average molecular weight is 355 g/mol. The van der Waals surface area contributed by atoms with Crippen LogP contribution in [0, 0.1) is 0 Å². The first-order valence-corrected chi connectivity index (χ1v) is 9.85. The minimum absolute atomic E-state index is 0.117. The van der Waals surface area contributed by atoms with Gasteiger partial charge >= 0.3 is 0 Å². The fourth-order valence-corrected chi connectivity index (χ4v) is 4.81. The van der Waals surface area contributed by atoms with Crippen LogP contribution >= 0.6 is 22.7 Å². The number of hydrogen-bond acceptors (Lipinski definition) is 4. The minimum atomic E-state index is 0.117. The summed E-state index contributed by atoms with van der Waals surface area (Å²) >= 11 is 3.44. The number of hydrogen-bond donors (Lipinski definition) is 0. The number of nitrogens with zero attached hydrogens (tertiary/aromatic N) is 2. The molecule has 3 aromatic rings. The van der Waals surface area contributed by atoms with Gasteiger partial charge in [-0.05, 0) is 42.5 Å². The van der Waals surface area contributed by atoms with Crippen molar-refractivity contribution in [3.05, 3.63) is 57.7 Å². The zero-order chi connectivity index (χ0) is 16.4. The molecule has 0 unspecified atom stereocenters. The van der Waals surface area contributed by atoms with Crippen molar-refractivity contribution >= 4 is 44.9 Å². The van der Waals surface area contributed by atoms with Gasteiger partial charge in [-0.1, -0.05) is 18.2 Å². The van der Waals surface area contributed by atoms with Crippen molar-refractivity contribution in [2.45, 2.75) is 18.8 Å². The average Bonchev–Trinajstić information content (AvgIpc) is 3.29. The number of rotatable bonds is 3. The lowest BCUT2D eigenvalue weighted by Gasteiger charge is -2.30. The fraction of sp³-hybridized carbons (Fsp3) is 0.263. The molecule has 0 spiro atoms. The van der Waals surface area contributed by atoms with Crippen LogP contribution in [0.25, 0.3) is 16.3 Å². The molecule has 5 heteroatoms. The molecule has 0 bridgehead atoms. The number of carbonyl (C=O) groups is 1. The molecular weight excluding hydrogens is 336 g/mol. The van der Waals surface area contributed by atoms with E-state index in [1.54, 1.807) is 28.7 Å². The third kappa shape index (κ3) is 3.28. The Hall–Kier alpha value is -1.98. The van der Waals surface area contributed by atoms with Crippen molar-refractivity contribution in [2.75, 3.05) is 13.1 Å². The van der Waals surface area contributed by atoms with Crippen LogP contribution in [0.4, 0.5) is 0 Å². The molecule has 122 valence electrons. The summed E-state index contributed by atoms with van der Waals surface area (Å²) < 4.78 is 1.25. The molecule has 0 N–H and O–H groups in total. The lowest BCUT2D eigenvalue weighted by atomic mass is 9.97. The molecule has 0 radical (unpaired) electrons. The van der Waals surface area contributed by atoms with E-state index in [0.717, 1.165) is 36.3 Å². The van der Waals surface area contributed by atoms with Crippen molar-refractivity contribution in [3.63, 3.8) is 0 Å². The molecule has 1 aliphatic rings. The molecule has 1 saturated heterocycles. The van der Waals surface area contributed by atoms with Crippen LogP contribution in [-0.4, -0.2) is 28.9 Å². The van der Waals surface area contributed by atoms with Gasteiger partial charge in [0.05, 0.1) is 15.2 Å². The lowest BCUT2D eigenvalue weighted by Crippen LogP contribution is -2.36. The molecule has 3 nitrogen and oxygen atoms in total. The number of likely N-dealkylation sites (tertiary alicyclic amines) is 1. The number of thiazole rings is 1. The maximum absolute atomic E-state index is 12.3. The maximum Gasteiger partial charge on any atom is 0.246 e. The van der Waals surface area contributed by atoms with Gasteiger partial charge in [0.2, 0.25) is 5.91 Å². The number of benzene rings is 1. The van der Waals surface area contributed by atoms with E-state index < -0.39 is 0 Å². The van der Waals surface area contributed by atoms with Gasteiger partial charge in [-0.2, -0.15) is 0 Å². The third-order valence-electron chi connectivity index (χ3n) is 4.40. The predicted octanol–water partition coefficient (Wildman–Crippen LogP) is 4.78. The summed E-state index contributed by atoms with van der Waals surface area (Å²) in [4.78, 5) is 20.2. The standard InChI is InChI=1S/C19H18N2OS2/c22-18(8-7-15-4-3-13-23-15)21-11-9-14(10-12-21)19-20-16-5-1-2-6-17(16)24-19/h1-8,13-14H,9-12H2/b8-7+. The zero-order valence-corrected chi connectivity index (χ0v) is 14.9. The van der Waals surface area contributed by atoms with Gasteiger partial charge in [-0.15, -0.1) is 22.7 Å². The van der Waals surface area contributed by atoms with Crippen LogP contribution in [0.3, 0.4) is 0 Å². The highest BCUT2D eigenvalue weighted by molar-refractivity contribution is 7.18. The van der Waals surface area contributed by atoms with Gasteiger partial charge < -0.3 is 4.90 Å². The second-order valence-corrected chi connectivity index (χ2v) is 8.01. The van der Waals surface area contributed by atoms with Gasteiger partial charge in [-0.3, -0.25) is 4.79 Å². The Bertz CT molecular complexity index is 826. The van der Waals surface area contributed by atoms with Crippen LogP contribution in [0.5, 0.6) is 0 Å². The Labute approximate surface area is 149 Å². The summed E-state index contributed by atoms with van der Waals surface area (Å²) in [6, 6.07) is 12.3. The van der Waals surface area contributed by atoms with Crippen LogP contribution in [0.1, 0.15) is 28.6 Å². The van der Waals surface area contributed by atoms with Gasteiger partial charge in [-0.25, -0.2) is 4.98 Å². The molecule has 4 rings (SSSR count). The van der Waals surface area contributed by atoms with Crippen molar-refractivity contribution in [1.29, 1.82) is 0 Å². The SMILES string of the molecule is O=C(/C=C/c1cccs1)N1CCC(c2nc3ccccc3s2)CC1. The zero-order valence-electron chi connectivity index (χ0n) is 13.2. The summed E-state index contributed by atoms with van der Waals surface area (Å²) in [5.41, 5.74) is 1.09. The molecule has 1 aliphatic heterocycles. The van der Waals surface area contributed by atoms with E-state index in [-0.39, 0.29) is 5.91 Å². The highest BCUT2D eigenvalue weighted by Crippen LogP contribution is 2.33. The molecule has 1 amide bonds. The fourth-order valence-electron chi connectivity index (χ4n) is 3.06. The monoisotopic (exact) mass is 354 g/mol. The molecule has 1 aromatic carbocycles. The summed E-state index contributed by atoms with van der Waals surface area (Å²) in [6.45, 7) is 1.63. The van der Waals surface area contributed by atoms with E-state index >= 15 is 0 Å². The second-order valence-electron chi connectivity index (χ2n) is 5.97. The largest absolute Gasteiger partial charge is 0.339 e. The van der Waals surface area contributed by atoms with E-state index in [1.165, 1.54) is 9.71 Å². The highest BCUT2D eigenvalue weighted by atomic mass is 32.1. The molecule has 24 heavy (non-hydrogen) atoms. The lowest BCUT2D eigenvalue weighted by molar-refractivity contribution is -0.126. The predicted molar refractivity (Wildman–Crippen MR) is 102 cm³/mol. The number of para-hydroxylation sites is 1. The smallest absolute Gasteiger partial charge is 0.246 e. The van der Waals surface area contributed by atoms with Gasteiger partial charge in [0, 0.05) is 30.0 Å². The minimum Gasteiger partial charge on any atom is -0.339 e. The number of thiophene rings is 1. The summed E-state index contributed by atoms with van der Waals surface area (Å²) in [6.07, 6.45) is 5.60. The van der Waals surface area contributed by atoms with E-state index in [0.29, 0.717) is 5.92 Å². The molecule has 1 fully saturated rings. The Morgan fingerprint density at radius 1 is 1.17 bits per heavy atom. The summed E-state index contributed by atoms with van der Waals surface area (Å²) in [7, 11) is 0. The van der Waals surface area contributed by atoms with Crippen molar-refractivity contribution in [2.24, 2.45) is 0 Å². The van der Waals surface area contributed by atoms with E-state index in [9.17, 15) is 4.79 Å². The van der Waals surface area contributed by atoms with Crippen LogP contribution < -0.4 is 0 Å². The number of carbonyl (C=O) groups excluding carboxylic acids is 1. The molecule has 0 atom stereocenters. The quantitative estimate of drug-likeness (QED) is 0.634. The third-order valence-corrected chi connectivity index (χ3v) is 6.44. The molecule has 0 saturated carbocycles. The first-order valence-electron chi connectivity index (χ1n) is 8.15. The van der Waals surface area contributed by atoms with Crippen LogP contribution in [0.2, 0.25) is 0 Å². The van der Waals surface area contributed by atoms with Crippen LogP contribution in [-0.2, 0) is 4.79 Å². The van der Waals surface area contributed by atoms with Crippen molar-refractivity contribution < 1.29 is 4.79 Å². The summed E-state index contributed by atoms with van der Waals surface area (Å²) in [5, 5.41) is 3.24. The van der Waals surface area contributed by atoms with Crippen LogP contribution in [0.15, 0.2) is 47.9 Å². The highest BCUT2D eigenvalue weighted by Gasteiger charge is 2.24.